The highest BCUT2D eigenvalue weighted by Gasteiger charge is 2.11. The summed E-state index contributed by atoms with van der Waals surface area (Å²) in [5.41, 5.74) is 5.40. The monoisotopic (exact) mass is 267 g/mol. The highest BCUT2D eigenvalue weighted by atomic mass is 16.1. The zero-order chi connectivity index (χ0) is 14.7. The zero-order valence-electron chi connectivity index (χ0n) is 12.6. The second kappa shape index (κ2) is 5.91. The van der Waals surface area contributed by atoms with Gasteiger partial charge in [0.2, 0.25) is 0 Å². The summed E-state index contributed by atoms with van der Waals surface area (Å²) < 4.78 is 0. The molecule has 0 radical (unpaired) electrons. The molecule has 0 amide bonds. The predicted octanol–water partition coefficient (Wildman–Crippen LogP) is 3.79. The first kappa shape index (κ1) is 14.3. The Kier molecular flexibility index (Phi) is 4.23. The van der Waals surface area contributed by atoms with Gasteiger partial charge in [0, 0.05) is 31.8 Å². The molecule has 0 bridgehead atoms. The number of benzene rings is 2. The predicted molar refractivity (Wildman–Crippen MR) is 84.7 cm³/mol. The highest BCUT2D eigenvalue weighted by Crippen LogP contribution is 2.18. The molecule has 0 aromatic heterocycles. The molecule has 0 aliphatic heterocycles. The number of aryl methyl sites for hydroxylation is 2. The van der Waals surface area contributed by atoms with Crippen molar-refractivity contribution in [3.63, 3.8) is 0 Å². The Bertz CT molecular complexity index is 592. The number of carbonyl (C=O) groups excluding carboxylic acids is 1. The third-order valence-electron chi connectivity index (χ3n) is 3.69. The molecule has 0 atom stereocenters. The molecule has 2 aromatic rings. The fourth-order valence-corrected chi connectivity index (χ4v) is 2.34. The van der Waals surface area contributed by atoms with Crippen LogP contribution in [0.25, 0.3) is 0 Å². The lowest BCUT2D eigenvalue weighted by molar-refractivity contribution is 0.0992. The van der Waals surface area contributed by atoms with E-state index >= 15 is 0 Å². The fraction of sp³-hybridized carbons (Fsp3) is 0.278. The molecule has 0 fully saturated rings. The number of Topliss-reactive ketones (excluding diaryl/α,β-unsaturated/α-hetero) is 1. The minimum Gasteiger partial charge on any atom is -0.378 e. The van der Waals surface area contributed by atoms with Crippen LogP contribution in [-0.4, -0.2) is 19.9 Å². The van der Waals surface area contributed by atoms with Gasteiger partial charge in [-0.3, -0.25) is 4.79 Å². The Labute approximate surface area is 121 Å². The Morgan fingerprint density at radius 2 is 1.50 bits per heavy atom. The lowest BCUT2D eigenvalue weighted by Crippen LogP contribution is -2.10. The van der Waals surface area contributed by atoms with Gasteiger partial charge in [-0.05, 0) is 54.8 Å². The van der Waals surface area contributed by atoms with E-state index in [-0.39, 0.29) is 5.78 Å². The average molecular weight is 267 g/mol. The molecule has 2 heteroatoms. The van der Waals surface area contributed by atoms with E-state index in [4.69, 9.17) is 0 Å². The Morgan fingerprint density at radius 1 is 0.950 bits per heavy atom. The summed E-state index contributed by atoms with van der Waals surface area (Å²) in [4.78, 5) is 14.4. The van der Waals surface area contributed by atoms with Crippen molar-refractivity contribution in [2.75, 3.05) is 19.0 Å². The molecule has 0 aliphatic carbocycles. The second-order valence-corrected chi connectivity index (χ2v) is 5.41. The number of nitrogens with zero attached hydrogens (tertiary/aromatic N) is 1. The lowest BCUT2D eigenvalue weighted by Gasteiger charge is -2.13. The minimum atomic E-state index is 0.174. The van der Waals surface area contributed by atoms with Crippen LogP contribution in [0.15, 0.2) is 42.5 Å². The number of hydrogen-bond donors (Lipinski definition) is 0. The van der Waals surface area contributed by atoms with Gasteiger partial charge in [-0.2, -0.15) is 0 Å². The first-order valence-corrected chi connectivity index (χ1v) is 6.84. The first-order valence-electron chi connectivity index (χ1n) is 6.84. The molecule has 20 heavy (non-hydrogen) atoms. The molecule has 2 aromatic carbocycles. The van der Waals surface area contributed by atoms with Gasteiger partial charge < -0.3 is 4.90 Å². The van der Waals surface area contributed by atoms with Gasteiger partial charge in [0.15, 0.2) is 5.78 Å². The average Bonchev–Trinajstić information content (AvgIpc) is 2.43. The third-order valence-corrected chi connectivity index (χ3v) is 3.69. The minimum absolute atomic E-state index is 0.174. The maximum Gasteiger partial charge on any atom is 0.167 e. The van der Waals surface area contributed by atoms with E-state index in [1.807, 2.05) is 49.3 Å². The van der Waals surface area contributed by atoms with Crippen molar-refractivity contribution >= 4 is 11.5 Å². The van der Waals surface area contributed by atoms with E-state index in [9.17, 15) is 4.79 Å². The van der Waals surface area contributed by atoms with E-state index in [0.29, 0.717) is 6.42 Å². The number of anilines is 1. The smallest absolute Gasteiger partial charge is 0.167 e. The highest BCUT2D eigenvalue weighted by molar-refractivity contribution is 5.98. The van der Waals surface area contributed by atoms with Gasteiger partial charge in [0.05, 0.1) is 0 Å². The molecule has 0 saturated heterocycles. The summed E-state index contributed by atoms with van der Waals surface area (Å²) in [7, 11) is 3.99. The summed E-state index contributed by atoms with van der Waals surface area (Å²) in [6, 6.07) is 13.9. The van der Waals surface area contributed by atoms with Crippen molar-refractivity contribution in [2.24, 2.45) is 0 Å². The van der Waals surface area contributed by atoms with Gasteiger partial charge in [-0.15, -0.1) is 0 Å². The quantitative estimate of drug-likeness (QED) is 0.785. The van der Waals surface area contributed by atoms with Gasteiger partial charge >= 0.3 is 0 Å². The van der Waals surface area contributed by atoms with Crippen molar-refractivity contribution in [1.82, 2.24) is 0 Å². The molecular formula is C18H21NO. The van der Waals surface area contributed by atoms with Crippen LogP contribution in [-0.2, 0) is 6.42 Å². The van der Waals surface area contributed by atoms with Crippen LogP contribution in [0.3, 0.4) is 0 Å². The van der Waals surface area contributed by atoms with Crippen LogP contribution < -0.4 is 4.90 Å². The van der Waals surface area contributed by atoms with Crippen molar-refractivity contribution in [1.29, 1.82) is 0 Å². The first-order chi connectivity index (χ1) is 9.49. The third kappa shape index (κ3) is 3.08. The van der Waals surface area contributed by atoms with Gasteiger partial charge in [0.1, 0.15) is 0 Å². The second-order valence-electron chi connectivity index (χ2n) is 5.41. The van der Waals surface area contributed by atoms with Crippen LogP contribution >= 0.6 is 0 Å². The Hall–Kier alpha value is -2.09. The normalized spacial score (nSPS) is 10.4. The fourth-order valence-electron chi connectivity index (χ4n) is 2.34. The zero-order valence-corrected chi connectivity index (χ0v) is 12.6. The van der Waals surface area contributed by atoms with Crippen molar-refractivity contribution < 1.29 is 4.79 Å². The van der Waals surface area contributed by atoms with E-state index in [2.05, 4.69) is 26.0 Å². The molecule has 2 rings (SSSR count). The molecule has 0 aliphatic rings. The van der Waals surface area contributed by atoms with Crippen LogP contribution in [0.2, 0.25) is 0 Å². The van der Waals surface area contributed by atoms with Gasteiger partial charge in [-0.25, -0.2) is 0 Å². The molecule has 0 unspecified atom stereocenters. The van der Waals surface area contributed by atoms with Gasteiger partial charge in [-0.1, -0.05) is 18.2 Å². The Morgan fingerprint density at radius 3 is 2.00 bits per heavy atom. The lowest BCUT2D eigenvalue weighted by atomic mass is 9.95. The molecule has 104 valence electrons. The van der Waals surface area contributed by atoms with Crippen molar-refractivity contribution in [3.05, 3.63) is 64.7 Å². The molecule has 2 nitrogen and oxygen atoms in total. The summed E-state index contributed by atoms with van der Waals surface area (Å²) >= 11 is 0. The summed E-state index contributed by atoms with van der Waals surface area (Å²) in [5.74, 6) is 0.174. The van der Waals surface area contributed by atoms with Crippen LogP contribution in [0, 0.1) is 13.8 Å². The maximum atomic E-state index is 12.4. The van der Waals surface area contributed by atoms with Gasteiger partial charge in [0.25, 0.3) is 0 Å². The van der Waals surface area contributed by atoms with E-state index in [0.717, 1.165) is 16.8 Å². The number of carbonyl (C=O) groups is 1. The molecule has 0 spiro atoms. The van der Waals surface area contributed by atoms with E-state index < -0.39 is 0 Å². The number of rotatable bonds is 4. The summed E-state index contributed by atoms with van der Waals surface area (Å²) in [6.45, 7) is 4.12. The standard InChI is InChI=1S/C18H21NO/c1-13-6-5-7-14(2)17(13)12-18(20)15-8-10-16(11-9-15)19(3)4/h5-11H,12H2,1-4H3. The largest absolute Gasteiger partial charge is 0.378 e. The topological polar surface area (TPSA) is 20.3 Å². The van der Waals surface area contributed by atoms with Crippen LogP contribution in [0.1, 0.15) is 27.0 Å². The molecule has 0 N–H and O–H groups in total. The van der Waals surface area contributed by atoms with E-state index in [1.54, 1.807) is 0 Å². The van der Waals surface area contributed by atoms with Crippen molar-refractivity contribution in [3.8, 4) is 0 Å². The maximum absolute atomic E-state index is 12.4. The SMILES string of the molecule is Cc1cccc(C)c1CC(=O)c1ccc(N(C)C)cc1. The van der Waals surface area contributed by atoms with Crippen molar-refractivity contribution in [2.45, 2.75) is 20.3 Å². The van der Waals surface area contributed by atoms with Crippen LogP contribution in [0.4, 0.5) is 5.69 Å². The summed E-state index contributed by atoms with van der Waals surface area (Å²) in [6.07, 6.45) is 0.472. The Balaban J connectivity index is 2.20. The number of hydrogen-bond acceptors (Lipinski definition) is 2. The molecular weight excluding hydrogens is 246 g/mol. The molecule has 0 heterocycles. The van der Waals surface area contributed by atoms with E-state index in [1.165, 1.54) is 11.1 Å². The molecule has 0 saturated carbocycles. The van der Waals surface area contributed by atoms with Crippen LogP contribution in [0.5, 0.6) is 0 Å². The number of ketones is 1. The summed E-state index contributed by atoms with van der Waals surface area (Å²) in [5, 5.41) is 0.